The Hall–Kier alpha value is -2.22. The largest absolute Gasteiger partial charge is 0.464 e. The highest BCUT2D eigenvalue weighted by Crippen LogP contribution is 2.29. The maximum absolute atomic E-state index is 11.5. The van der Waals surface area contributed by atoms with Crippen molar-refractivity contribution in [2.24, 2.45) is 5.92 Å². The van der Waals surface area contributed by atoms with Crippen molar-refractivity contribution in [3.63, 3.8) is 0 Å². The Morgan fingerprint density at radius 2 is 2.19 bits per heavy atom. The summed E-state index contributed by atoms with van der Waals surface area (Å²) in [5.74, 6) is -0.236. The van der Waals surface area contributed by atoms with Gasteiger partial charge in [-0.25, -0.2) is 9.78 Å². The molecular weight excluding hydrogens is 278 g/mol. The van der Waals surface area contributed by atoms with Gasteiger partial charge in [-0.2, -0.15) is 0 Å². The van der Waals surface area contributed by atoms with Crippen LogP contribution in [-0.4, -0.2) is 47.8 Å². The van der Waals surface area contributed by atoms with Gasteiger partial charge in [0, 0.05) is 25.8 Å². The summed E-state index contributed by atoms with van der Waals surface area (Å²) in [4.78, 5) is 28.0. The minimum Gasteiger partial charge on any atom is -0.464 e. The van der Waals surface area contributed by atoms with Crippen LogP contribution in [0.25, 0.3) is 0 Å². The molecule has 0 radical (unpaired) electrons. The Labute approximate surface area is 121 Å². The molecule has 8 nitrogen and oxygen atoms in total. The molecule has 0 saturated carbocycles. The van der Waals surface area contributed by atoms with Crippen LogP contribution in [0.4, 0.5) is 11.5 Å². The van der Waals surface area contributed by atoms with Crippen LogP contribution in [0.2, 0.25) is 0 Å². The lowest BCUT2D eigenvalue weighted by atomic mass is 9.98. The first-order chi connectivity index (χ1) is 10.1. The fraction of sp³-hybridized carbons (Fsp3) is 0.538. The Balaban J connectivity index is 2.31. The predicted molar refractivity (Wildman–Crippen MR) is 74.3 cm³/mol. The molecular formula is C13H17N3O5. The lowest BCUT2D eigenvalue weighted by Gasteiger charge is -2.31. The van der Waals surface area contributed by atoms with Crippen molar-refractivity contribution in [1.82, 2.24) is 4.98 Å². The zero-order valence-corrected chi connectivity index (χ0v) is 11.7. The Morgan fingerprint density at radius 3 is 2.71 bits per heavy atom. The van der Waals surface area contributed by atoms with Gasteiger partial charge in [-0.1, -0.05) is 0 Å². The minimum atomic E-state index is -0.628. The highest BCUT2D eigenvalue weighted by atomic mass is 16.6. The maximum Gasteiger partial charge on any atom is 0.356 e. The van der Waals surface area contributed by atoms with Crippen LogP contribution in [0.15, 0.2) is 12.1 Å². The molecule has 114 valence electrons. The number of methoxy groups -OCH3 is 1. The fourth-order valence-electron chi connectivity index (χ4n) is 2.36. The molecule has 1 N–H and O–H groups in total. The van der Waals surface area contributed by atoms with E-state index in [2.05, 4.69) is 9.72 Å². The second-order valence-corrected chi connectivity index (χ2v) is 4.90. The molecule has 1 saturated heterocycles. The molecule has 1 aromatic heterocycles. The Kier molecular flexibility index (Phi) is 4.69. The number of nitrogens with zero attached hydrogens (tertiary/aromatic N) is 3. The van der Waals surface area contributed by atoms with Gasteiger partial charge in [-0.3, -0.25) is 10.1 Å². The standard InChI is InChI=1S/C13H17N3O5/c1-21-13(18)10-2-3-11(16(19)20)12(14-10)15-6-4-9(8-17)5-7-15/h2-3,9,17H,4-8H2,1H3. The SMILES string of the molecule is COC(=O)c1ccc([N+](=O)[O-])c(N2CCC(CO)CC2)n1. The smallest absolute Gasteiger partial charge is 0.356 e. The van der Waals surface area contributed by atoms with E-state index in [9.17, 15) is 14.9 Å². The van der Waals surface area contributed by atoms with Gasteiger partial charge in [0.1, 0.15) is 0 Å². The molecule has 2 heterocycles. The number of aliphatic hydroxyl groups excluding tert-OH is 1. The van der Waals surface area contributed by atoms with Gasteiger partial charge < -0.3 is 14.7 Å². The number of hydrogen-bond acceptors (Lipinski definition) is 7. The van der Waals surface area contributed by atoms with E-state index >= 15 is 0 Å². The molecule has 0 unspecified atom stereocenters. The minimum absolute atomic E-state index is 0.0439. The number of anilines is 1. The van der Waals surface area contributed by atoms with Crippen LogP contribution in [0, 0.1) is 16.0 Å². The number of pyridine rings is 1. The Bertz CT molecular complexity index is 541. The monoisotopic (exact) mass is 295 g/mol. The molecule has 2 rings (SSSR count). The van der Waals surface area contributed by atoms with E-state index in [1.807, 2.05) is 0 Å². The fourth-order valence-corrected chi connectivity index (χ4v) is 2.36. The third kappa shape index (κ3) is 3.27. The van der Waals surface area contributed by atoms with E-state index in [1.54, 1.807) is 4.90 Å². The number of aromatic nitrogens is 1. The highest BCUT2D eigenvalue weighted by Gasteiger charge is 2.27. The maximum atomic E-state index is 11.5. The predicted octanol–water partition coefficient (Wildman–Crippen LogP) is 0.985. The first-order valence-corrected chi connectivity index (χ1v) is 6.66. The van der Waals surface area contributed by atoms with Crippen LogP contribution < -0.4 is 4.90 Å². The molecule has 1 aromatic rings. The zero-order chi connectivity index (χ0) is 15.4. The number of esters is 1. The number of carbonyl (C=O) groups is 1. The van der Waals surface area contributed by atoms with Gasteiger partial charge in [0.2, 0.25) is 5.82 Å². The van der Waals surface area contributed by atoms with Crippen molar-refractivity contribution in [3.8, 4) is 0 Å². The lowest BCUT2D eigenvalue weighted by Crippen LogP contribution is -2.36. The third-order valence-corrected chi connectivity index (χ3v) is 3.62. The van der Waals surface area contributed by atoms with E-state index in [4.69, 9.17) is 5.11 Å². The summed E-state index contributed by atoms with van der Waals surface area (Å²) in [7, 11) is 1.23. The van der Waals surface area contributed by atoms with Crippen molar-refractivity contribution >= 4 is 17.5 Å². The Morgan fingerprint density at radius 1 is 1.52 bits per heavy atom. The number of nitro groups is 1. The molecule has 1 aliphatic heterocycles. The van der Waals surface area contributed by atoms with E-state index in [-0.39, 0.29) is 29.7 Å². The number of piperidine rings is 1. The number of carbonyl (C=O) groups excluding carboxylic acids is 1. The van der Waals surface area contributed by atoms with Crippen molar-refractivity contribution in [3.05, 3.63) is 27.9 Å². The van der Waals surface area contributed by atoms with Gasteiger partial charge in [-0.15, -0.1) is 0 Å². The average molecular weight is 295 g/mol. The summed E-state index contributed by atoms with van der Waals surface area (Å²) in [5, 5.41) is 20.3. The summed E-state index contributed by atoms with van der Waals surface area (Å²) >= 11 is 0. The van der Waals surface area contributed by atoms with Crippen LogP contribution in [0.3, 0.4) is 0 Å². The summed E-state index contributed by atoms with van der Waals surface area (Å²) < 4.78 is 4.59. The second kappa shape index (κ2) is 6.49. The summed E-state index contributed by atoms with van der Waals surface area (Å²) in [5.41, 5.74) is -0.0903. The first-order valence-electron chi connectivity index (χ1n) is 6.66. The third-order valence-electron chi connectivity index (χ3n) is 3.62. The van der Waals surface area contributed by atoms with Gasteiger partial charge in [0.15, 0.2) is 5.69 Å². The normalized spacial score (nSPS) is 15.8. The van der Waals surface area contributed by atoms with Gasteiger partial charge in [-0.05, 0) is 24.8 Å². The molecule has 0 amide bonds. The van der Waals surface area contributed by atoms with E-state index in [0.29, 0.717) is 13.1 Å². The molecule has 0 aromatic carbocycles. The number of hydrogen-bond donors (Lipinski definition) is 1. The highest BCUT2D eigenvalue weighted by molar-refractivity contribution is 5.88. The summed E-state index contributed by atoms with van der Waals surface area (Å²) in [6, 6.07) is 2.56. The van der Waals surface area contributed by atoms with Gasteiger partial charge in [0.05, 0.1) is 12.0 Å². The van der Waals surface area contributed by atoms with Crippen LogP contribution in [-0.2, 0) is 4.74 Å². The van der Waals surface area contributed by atoms with Crippen molar-refractivity contribution in [2.45, 2.75) is 12.8 Å². The first kappa shape index (κ1) is 15.2. The topological polar surface area (TPSA) is 106 Å². The van der Waals surface area contributed by atoms with Crippen molar-refractivity contribution in [1.29, 1.82) is 0 Å². The zero-order valence-electron chi connectivity index (χ0n) is 11.7. The van der Waals surface area contributed by atoms with Crippen molar-refractivity contribution < 1.29 is 19.6 Å². The molecule has 0 spiro atoms. The second-order valence-electron chi connectivity index (χ2n) is 4.90. The summed E-state index contributed by atoms with van der Waals surface area (Å²) in [6.07, 6.45) is 1.47. The molecule has 0 bridgehead atoms. The van der Waals surface area contributed by atoms with Crippen molar-refractivity contribution in [2.75, 3.05) is 31.7 Å². The van der Waals surface area contributed by atoms with Crippen LogP contribution >= 0.6 is 0 Å². The molecule has 21 heavy (non-hydrogen) atoms. The molecule has 1 aliphatic rings. The number of aliphatic hydroxyl groups is 1. The van der Waals surface area contributed by atoms with Crippen LogP contribution in [0.1, 0.15) is 23.3 Å². The van der Waals surface area contributed by atoms with E-state index in [0.717, 1.165) is 12.8 Å². The van der Waals surface area contributed by atoms with E-state index < -0.39 is 10.9 Å². The van der Waals surface area contributed by atoms with Gasteiger partial charge in [0.25, 0.3) is 0 Å². The number of rotatable bonds is 4. The van der Waals surface area contributed by atoms with Crippen LogP contribution in [0.5, 0.6) is 0 Å². The molecule has 0 aliphatic carbocycles. The van der Waals surface area contributed by atoms with Gasteiger partial charge >= 0.3 is 11.7 Å². The van der Waals surface area contributed by atoms with E-state index in [1.165, 1.54) is 19.2 Å². The number of ether oxygens (including phenoxy) is 1. The molecule has 8 heteroatoms. The lowest BCUT2D eigenvalue weighted by molar-refractivity contribution is -0.384. The quantitative estimate of drug-likeness (QED) is 0.501. The molecule has 1 fully saturated rings. The summed E-state index contributed by atoms with van der Waals surface area (Å²) in [6.45, 7) is 1.24. The molecule has 0 atom stereocenters. The average Bonchev–Trinajstić information content (AvgIpc) is 2.53.